The molecule has 0 heterocycles. The topological polar surface area (TPSA) is 241 Å². The number of rotatable bonds is 0. The van der Waals surface area contributed by atoms with Crippen LogP contribution in [0.1, 0.15) is 0 Å². The molecule has 0 rings (SSSR count). The predicted molar refractivity (Wildman–Crippen MR) is 30.8 cm³/mol. The van der Waals surface area contributed by atoms with Crippen LogP contribution in [0, 0.1) is 0 Å². The molecule has 0 amide bonds. The van der Waals surface area contributed by atoms with Gasteiger partial charge in [0.1, 0.15) is 0 Å². The van der Waals surface area contributed by atoms with Crippen molar-refractivity contribution in [2.24, 2.45) is 0 Å². The van der Waals surface area contributed by atoms with E-state index in [2.05, 4.69) is 0 Å². The molecule has 96 valence electrons. The van der Waals surface area contributed by atoms with Crippen LogP contribution in [0.3, 0.4) is 0 Å². The summed E-state index contributed by atoms with van der Waals surface area (Å²) in [5.74, 6) is 0. The van der Waals surface area contributed by atoms with Crippen molar-refractivity contribution in [1.29, 1.82) is 0 Å². The minimum atomic E-state index is -4.34. The summed E-state index contributed by atoms with van der Waals surface area (Å²) in [5, 5.41) is 33.3. The molecule has 0 unspecified atom stereocenters. The average Bonchev–Trinajstić information content (AvgIpc) is 1.76. The molecule has 0 bridgehead atoms. The second-order valence-electron chi connectivity index (χ2n) is 0.947. The molecule has 0 aromatic carbocycles. The molecule has 0 aliphatic heterocycles. The Hall–Kier alpha value is 3.85. The van der Waals surface area contributed by atoms with E-state index in [9.17, 15) is 0 Å². The zero-order valence-corrected chi connectivity index (χ0v) is 28.7. The summed E-state index contributed by atoms with van der Waals surface area (Å²) in [4.78, 5) is 16.7. The molecule has 0 aromatic heterocycles. The van der Waals surface area contributed by atoms with Crippen LogP contribution in [-0.4, -0.2) is 159 Å². The molecular weight excluding hydrogens is 990 g/mol. The van der Waals surface area contributed by atoms with Gasteiger partial charge in [-0.05, 0) is 12.3 Å². The number of carboxylic acid groups (broad SMARTS) is 4. The summed E-state index contributed by atoms with van der Waals surface area (Å²) in [6, 6.07) is 0. The molecule has 0 aliphatic rings. The van der Waals surface area contributed by atoms with E-state index in [-0.39, 0.29) is 147 Å². The van der Waals surface area contributed by atoms with Gasteiger partial charge in [0, 0.05) is 0 Å². The van der Waals surface area contributed by atoms with Crippen molar-refractivity contribution in [3.63, 3.8) is 0 Å². The van der Waals surface area contributed by atoms with Gasteiger partial charge in [-0.15, -0.1) is 0 Å². The summed E-state index contributed by atoms with van der Waals surface area (Å²) in [7, 11) is 0. The minimum absolute atomic E-state index is 0. The van der Waals surface area contributed by atoms with Crippen LogP contribution in [0.4, 0.5) is 9.59 Å². The maximum absolute atomic E-state index is 8.62. The molecule has 0 aliphatic carbocycles. The molecule has 0 fully saturated rings. The summed E-state index contributed by atoms with van der Waals surface area (Å²) < 4.78 is 51.7. The van der Waals surface area contributed by atoms with Crippen molar-refractivity contribution >= 4 is 159 Å². The van der Waals surface area contributed by atoms with Crippen molar-refractivity contribution in [3.8, 4) is 0 Å². The Labute approximate surface area is 240 Å². The van der Waals surface area contributed by atoms with E-state index in [4.69, 9.17) is 50.2 Å². The maximum atomic E-state index is 8.62. The molecule has 0 radical (unpaired) electrons. The number of carbonyl (C=O) groups excluding carboxylic acids is 2. The van der Waals surface area contributed by atoms with E-state index in [1.165, 1.54) is 0 Å². The summed E-state index contributed by atoms with van der Waals surface area (Å²) >= 11 is -8.69. The van der Waals surface area contributed by atoms with E-state index >= 15 is 0 Å². The molecule has 0 spiro atoms. The SMILES string of the molecule is O=C([O-])[O-].O=C([O-])[O-].[Ba+2].[Ba+2].[Ba+2].[O]=[Ta](=[O])[O-].[O]=[Ta](=[O])[O-]. The van der Waals surface area contributed by atoms with Gasteiger partial charge >= 0.3 is 204 Å². The quantitative estimate of drug-likeness (QED) is 0.206. The molecule has 19 heavy (non-hydrogen) atoms. The zero-order chi connectivity index (χ0) is 14.3. The Kier molecular flexibility index (Phi) is 86.4. The fourth-order valence-electron chi connectivity index (χ4n) is 0. The number of hydrogen-bond donors (Lipinski definition) is 0. The number of hydrogen-bond acceptors (Lipinski definition) is 12. The van der Waals surface area contributed by atoms with Crippen molar-refractivity contribution in [2.75, 3.05) is 0 Å². The van der Waals surface area contributed by atoms with Gasteiger partial charge in [-0.3, -0.25) is 0 Å². The Balaban J connectivity index is -0.0000000192. The summed E-state index contributed by atoms with van der Waals surface area (Å²) in [6.45, 7) is 0. The van der Waals surface area contributed by atoms with Crippen molar-refractivity contribution in [3.05, 3.63) is 0 Å². The third kappa shape index (κ3) is 580. The monoisotopic (exact) mass is 992 g/mol. The second kappa shape index (κ2) is 37.8. The first-order valence-electron chi connectivity index (χ1n) is 2.32. The van der Waals surface area contributed by atoms with Crippen LogP contribution in [-0.2, 0) is 50.6 Å². The molecule has 0 saturated heterocycles. The first-order valence-corrected chi connectivity index (χ1v) is 10.2. The molecule has 0 N–H and O–H groups in total. The zero-order valence-electron chi connectivity index (χ0n) is 8.91. The normalized spacial score (nSPS) is 5.16. The summed E-state index contributed by atoms with van der Waals surface area (Å²) in [6.07, 6.45) is -4.67. The third-order valence-electron chi connectivity index (χ3n) is 0. The second-order valence-corrected chi connectivity index (χ2v) is 4.16. The standard InChI is InChI=1S/2CH2O3.3Ba.6O.2Ta/c2*2-1(3)4;;;;;;;;;;;/h2*(H2,2,3,4);;;;;;;;;;;/q;;3*+2;;;;;2*-1;;/p-4. The van der Waals surface area contributed by atoms with Gasteiger partial charge in [-0.25, -0.2) is 0 Å². The first-order chi connectivity index (χ1) is 6.93. The molecule has 12 nitrogen and oxygen atoms in total. The molecule has 17 heteroatoms. The Morgan fingerprint density at radius 1 is 0.579 bits per heavy atom. The van der Waals surface area contributed by atoms with Crippen molar-refractivity contribution in [1.82, 2.24) is 0 Å². The van der Waals surface area contributed by atoms with Crippen LogP contribution in [0.15, 0.2) is 0 Å². The molecular formula is C2Ba3O12Ta2. The Morgan fingerprint density at radius 2 is 0.579 bits per heavy atom. The van der Waals surface area contributed by atoms with Crippen molar-refractivity contribution in [2.45, 2.75) is 0 Å². The van der Waals surface area contributed by atoms with Gasteiger partial charge in [0.05, 0.1) is 0 Å². The predicted octanol–water partition coefficient (Wildman–Crippen LogP) is -8.89. The Morgan fingerprint density at radius 3 is 0.579 bits per heavy atom. The van der Waals surface area contributed by atoms with Gasteiger partial charge in [0.2, 0.25) is 0 Å². The van der Waals surface area contributed by atoms with E-state index in [1.807, 2.05) is 0 Å². The van der Waals surface area contributed by atoms with Gasteiger partial charge in [-0.1, -0.05) is 0 Å². The van der Waals surface area contributed by atoms with E-state index in [1.54, 1.807) is 0 Å². The van der Waals surface area contributed by atoms with Gasteiger partial charge in [0.25, 0.3) is 0 Å². The van der Waals surface area contributed by atoms with E-state index in [0.29, 0.717) is 0 Å². The fourth-order valence-corrected chi connectivity index (χ4v) is 0. The van der Waals surface area contributed by atoms with Crippen LogP contribution in [0.2, 0.25) is 0 Å². The van der Waals surface area contributed by atoms with E-state index < -0.39 is 49.9 Å². The van der Waals surface area contributed by atoms with Gasteiger partial charge < -0.3 is 30.0 Å². The van der Waals surface area contributed by atoms with Crippen molar-refractivity contribution < 1.29 is 87.8 Å². The fraction of sp³-hybridized carbons (Fsp3) is 0. The van der Waals surface area contributed by atoms with Gasteiger partial charge in [-0.2, -0.15) is 0 Å². The summed E-state index contributed by atoms with van der Waals surface area (Å²) in [5.41, 5.74) is 0. The number of carbonyl (C=O) groups is 2. The average molecular weight is 990 g/mol. The van der Waals surface area contributed by atoms with E-state index in [0.717, 1.165) is 0 Å². The van der Waals surface area contributed by atoms with Crippen LogP contribution in [0.5, 0.6) is 0 Å². The Bertz CT molecular complexity index is 265. The third-order valence-corrected chi connectivity index (χ3v) is 0. The first kappa shape index (κ1) is 43.4. The van der Waals surface area contributed by atoms with Crippen LogP contribution >= 0.6 is 0 Å². The van der Waals surface area contributed by atoms with Gasteiger partial charge in [0.15, 0.2) is 0 Å². The molecule has 0 atom stereocenters. The molecule has 0 aromatic rings. The van der Waals surface area contributed by atoms with Crippen LogP contribution in [0.25, 0.3) is 0 Å². The molecule has 0 saturated carbocycles. The van der Waals surface area contributed by atoms with Crippen LogP contribution < -0.4 is 27.7 Å².